The smallest absolute Gasteiger partial charge is 0.216 e. The fourth-order valence-electron chi connectivity index (χ4n) is 1.96. The summed E-state index contributed by atoms with van der Waals surface area (Å²) in [7, 11) is -2.98. The van der Waals surface area contributed by atoms with Crippen LogP contribution < -0.4 is 5.32 Å². The molecule has 132 valence electrons. The minimum absolute atomic E-state index is 0.0439. The highest BCUT2D eigenvalue weighted by Gasteiger charge is 2.31. The van der Waals surface area contributed by atoms with Gasteiger partial charge in [0.05, 0.1) is 13.7 Å². The van der Waals surface area contributed by atoms with Gasteiger partial charge in [-0.1, -0.05) is 19.6 Å². The van der Waals surface area contributed by atoms with Crippen LogP contribution in [0.2, 0.25) is 38.3 Å². The van der Waals surface area contributed by atoms with Gasteiger partial charge < -0.3 is 14.5 Å². The minimum Gasteiger partial charge on any atom is -0.420 e. The van der Waals surface area contributed by atoms with Gasteiger partial charge in [-0.05, 0) is 45.8 Å². The first kappa shape index (κ1) is 21.8. The lowest BCUT2D eigenvalue weighted by Crippen LogP contribution is -2.42. The summed E-state index contributed by atoms with van der Waals surface area (Å²) in [6, 6.07) is 2.10. The number of ether oxygens (including phenoxy) is 1. The summed E-state index contributed by atoms with van der Waals surface area (Å²) in [6.45, 7) is 18.7. The Morgan fingerprint density at radius 1 is 1.09 bits per heavy atom. The highest BCUT2D eigenvalue weighted by Crippen LogP contribution is 2.22. The van der Waals surface area contributed by atoms with Gasteiger partial charge in [0.1, 0.15) is 0 Å². The Morgan fingerprint density at radius 2 is 1.68 bits per heavy atom. The number of nitrogens with one attached hydrogen (secondary N) is 1. The summed E-state index contributed by atoms with van der Waals surface area (Å²) in [5.74, 6) is 0.0439. The van der Waals surface area contributed by atoms with E-state index in [0.717, 1.165) is 37.9 Å². The quantitative estimate of drug-likeness (QED) is 0.483. The van der Waals surface area contributed by atoms with Crippen molar-refractivity contribution in [2.45, 2.75) is 78.0 Å². The zero-order valence-corrected chi connectivity index (χ0v) is 18.0. The van der Waals surface area contributed by atoms with E-state index in [2.05, 4.69) is 52.3 Å². The van der Waals surface area contributed by atoms with Crippen molar-refractivity contribution in [2.24, 2.45) is 0 Å². The van der Waals surface area contributed by atoms with Crippen LogP contribution in [-0.4, -0.2) is 47.3 Å². The summed E-state index contributed by atoms with van der Waals surface area (Å²) in [6.07, 6.45) is 1.91. The molecule has 0 aromatic carbocycles. The number of carbonyl (C=O) groups is 1. The summed E-state index contributed by atoms with van der Waals surface area (Å²) in [5, 5.41) is 2.88. The number of carbonyl (C=O) groups excluding carboxylic acids is 1. The number of amides is 1. The molecule has 4 nitrogen and oxygen atoms in total. The monoisotopic (exact) mass is 347 g/mol. The van der Waals surface area contributed by atoms with Crippen molar-refractivity contribution in [1.29, 1.82) is 0 Å². The van der Waals surface area contributed by atoms with Gasteiger partial charge in [-0.2, -0.15) is 0 Å². The molecule has 0 aliphatic carbocycles. The van der Waals surface area contributed by atoms with Crippen LogP contribution in [-0.2, 0) is 14.0 Å². The Balaban J connectivity index is 4.43. The van der Waals surface area contributed by atoms with E-state index in [1.54, 1.807) is 6.92 Å². The van der Waals surface area contributed by atoms with Crippen LogP contribution in [0.1, 0.15) is 34.1 Å². The van der Waals surface area contributed by atoms with Gasteiger partial charge >= 0.3 is 0 Å². The third-order valence-electron chi connectivity index (χ3n) is 3.28. The van der Waals surface area contributed by atoms with Gasteiger partial charge in [0, 0.05) is 26.3 Å². The molecule has 6 heteroatoms. The molecule has 1 amide bonds. The summed E-state index contributed by atoms with van der Waals surface area (Å²) < 4.78 is 12.3. The molecule has 22 heavy (non-hydrogen) atoms. The lowest BCUT2D eigenvalue weighted by Gasteiger charge is -2.32. The molecule has 0 rings (SSSR count). The topological polar surface area (TPSA) is 47.6 Å². The van der Waals surface area contributed by atoms with Crippen LogP contribution in [0.3, 0.4) is 0 Å². The van der Waals surface area contributed by atoms with Crippen LogP contribution in [0.25, 0.3) is 0 Å². The molecule has 1 unspecified atom stereocenters. The van der Waals surface area contributed by atoms with Crippen LogP contribution >= 0.6 is 0 Å². The third-order valence-corrected chi connectivity index (χ3v) is 8.09. The van der Waals surface area contributed by atoms with E-state index in [9.17, 15) is 4.79 Å². The maximum absolute atomic E-state index is 11.0. The van der Waals surface area contributed by atoms with Crippen molar-refractivity contribution in [3.63, 3.8) is 0 Å². The van der Waals surface area contributed by atoms with Crippen LogP contribution in [0.15, 0.2) is 0 Å². The molecule has 0 heterocycles. The maximum atomic E-state index is 11.0. The SMILES string of the molecule is CC(=O)NCCC[Si](C)(CCOC(C)(C)C)OC[Si](C)(C)C. The molecule has 0 saturated heterocycles. The Labute approximate surface area is 139 Å². The van der Waals surface area contributed by atoms with E-state index >= 15 is 0 Å². The standard InChI is InChI=1S/C16H37NO3Si2/c1-15(18)17-10-9-12-22(8,20-14-21(5,6)7)13-11-19-16(2,3)4/h9-14H2,1-8H3,(H,17,18). The van der Waals surface area contributed by atoms with Crippen LogP contribution in [0.5, 0.6) is 0 Å². The van der Waals surface area contributed by atoms with Crippen molar-refractivity contribution in [3.05, 3.63) is 0 Å². The maximum Gasteiger partial charge on any atom is 0.216 e. The zero-order chi connectivity index (χ0) is 17.4. The Bertz CT molecular complexity index is 337. The predicted octanol–water partition coefficient (Wildman–Crippen LogP) is 3.80. The van der Waals surface area contributed by atoms with E-state index in [-0.39, 0.29) is 11.5 Å². The predicted molar refractivity (Wildman–Crippen MR) is 99.5 cm³/mol. The van der Waals surface area contributed by atoms with Crippen molar-refractivity contribution in [1.82, 2.24) is 5.32 Å². The van der Waals surface area contributed by atoms with Gasteiger partial charge in [0.25, 0.3) is 0 Å². The molecule has 0 aromatic rings. The number of hydrogen-bond donors (Lipinski definition) is 1. The van der Waals surface area contributed by atoms with Gasteiger partial charge in [0.15, 0.2) is 8.32 Å². The second kappa shape index (κ2) is 9.20. The van der Waals surface area contributed by atoms with Crippen molar-refractivity contribution in [3.8, 4) is 0 Å². The highest BCUT2D eigenvalue weighted by molar-refractivity contribution is 6.78. The molecule has 0 fully saturated rings. The molecular weight excluding hydrogens is 310 g/mol. The Morgan fingerprint density at radius 3 is 2.14 bits per heavy atom. The van der Waals surface area contributed by atoms with E-state index in [4.69, 9.17) is 9.16 Å². The van der Waals surface area contributed by atoms with Crippen LogP contribution in [0, 0.1) is 0 Å². The fraction of sp³-hybridized carbons (Fsp3) is 0.938. The average molecular weight is 348 g/mol. The summed E-state index contributed by atoms with van der Waals surface area (Å²) in [4.78, 5) is 11.0. The van der Waals surface area contributed by atoms with E-state index in [1.165, 1.54) is 0 Å². The lowest BCUT2D eigenvalue weighted by molar-refractivity contribution is -0.118. The molecule has 0 radical (unpaired) electrons. The lowest BCUT2D eigenvalue weighted by atomic mass is 10.2. The average Bonchev–Trinajstić information content (AvgIpc) is 2.30. The van der Waals surface area contributed by atoms with Crippen molar-refractivity contribution in [2.75, 3.05) is 19.4 Å². The van der Waals surface area contributed by atoms with Gasteiger partial charge in [0.2, 0.25) is 5.91 Å². The first-order valence-electron chi connectivity index (χ1n) is 8.35. The molecule has 0 aliphatic rings. The van der Waals surface area contributed by atoms with E-state index < -0.39 is 16.4 Å². The van der Waals surface area contributed by atoms with E-state index in [0.29, 0.717) is 0 Å². The molecule has 0 saturated carbocycles. The summed E-state index contributed by atoms with van der Waals surface area (Å²) in [5.41, 5.74) is -0.0930. The molecule has 0 bridgehead atoms. The normalized spacial score (nSPS) is 15.5. The third kappa shape index (κ3) is 13.5. The number of rotatable bonds is 10. The molecular formula is C16H37NO3Si2. The Hall–Kier alpha value is -0.176. The molecule has 1 atom stereocenters. The zero-order valence-electron chi connectivity index (χ0n) is 16.0. The fourth-order valence-corrected chi connectivity index (χ4v) is 7.08. The van der Waals surface area contributed by atoms with Crippen molar-refractivity contribution >= 4 is 22.3 Å². The van der Waals surface area contributed by atoms with Crippen LogP contribution in [0.4, 0.5) is 0 Å². The van der Waals surface area contributed by atoms with Crippen molar-refractivity contribution < 1.29 is 14.0 Å². The summed E-state index contributed by atoms with van der Waals surface area (Å²) >= 11 is 0. The second-order valence-corrected chi connectivity index (χ2v) is 18.2. The van der Waals surface area contributed by atoms with Gasteiger partial charge in [-0.3, -0.25) is 4.79 Å². The Kier molecular flexibility index (Phi) is 9.13. The highest BCUT2D eigenvalue weighted by atomic mass is 28.4. The molecule has 0 spiro atoms. The van der Waals surface area contributed by atoms with Gasteiger partial charge in [-0.25, -0.2) is 0 Å². The largest absolute Gasteiger partial charge is 0.420 e. The number of hydrogen-bond acceptors (Lipinski definition) is 3. The minimum atomic E-state index is -1.77. The van der Waals surface area contributed by atoms with E-state index in [1.807, 2.05) is 0 Å². The first-order chi connectivity index (χ1) is 9.83. The first-order valence-corrected chi connectivity index (χ1v) is 14.9. The van der Waals surface area contributed by atoms with Gasteiger partial charge in [-0.15, -0.1) is 0 Å². The molecule has 1 N–H and O–H groups in total. The second-order valence-electron chi connectivity index (χ2n) is 8.60. The molecule has 0 aliphatic heterocycles. The molecule has 0 aromatic heterocycles.